The number of rotatable bonds is 7. The van der Waals surface area contributed by atoms with Crippen molar-refractivity contribution >= 4 is 11.8 Å². The number of ether oxygens (including phenoxy) is 2. The predicted molar refractivity (Wildman–Crippen MR) is 131 cm³/mol. The maximum Gasteiger partial charge on any atom is 0.573 e. The van der Waals surface area contributed by atoms with E-state index in [1.54, 1.807) is 4.90 Å². The van der Waals surface area contributed by atoms with E-state index in [1.165, 1.54) is 36.4 Å². The summed E-state index contributed by atoms with van der Waals surface area (Å²) in [5.41, 5.74) is -0.265. The fraction of sp³-hybridized carbons (Fsp3) is 0.481. The van der Waals surface area contributed by atoms with Crippen LogP contribution < -0.4 is 9.47 Å². The summed E-state index contributed by atoms with van der Waals surface area (Å²) in [7, 11) is 2.02. The third-order valence-electron chi connectivity index (χ3n) is 7.19. The molecule has 0 atom stereocenters. The van der Waals surface area contributed by atoms with Crippen LogP contribution in [0.15, 0.2) is 48.5 Å². The fourth-order valence-corrected chi connectivity index (χ4v) is 4.79. The van der Waals surface area contributed by atoms with Crippen molar-refractivity contribution in [1.29, 1.82) is 0 Å². The first kappa shape index (κ1) is 27.7. The second kappa shape index (κ2) is 11.6. The molecule has 2 heterocycles. The smallest absolute Gasteiger partial charge is 0.493 e. The normalized spacial score (nSPS) is 18.2. The van der Waals surface area contributed by atoms with Crippen molar-refractivity contribution in [3.05, 3.63) is 59.9 Å². The first-order valence-electron chi connectivity index (χ1n) is 12.5. The van der Waals surface area contributed by atoms with Crippen molar-refractivity contribution in [3.8, 4) is 11.5 Å². The molecule has 2 aliphatic heterocycles. The molecule has 206 valence electrons. The largest absolute Gasteiger partial charge is 0.573 e. The van der Waals surface area contributed by atoms with Crippen LogP contribution in [0.5, 0.6) is 11.5 Å². The number of piperazine rings is 1. The minimum absolute atomic E-state index is 0.0424. The molecule has 0 N–H and O–H groups in total. The molecule has 0 aliphatic carbocycles. The molecule has 4 rings (SSSR count). The number of alkyl halides is 3. The maximum absolute atomic E-state index is 13.3. The summed E-state index contributed by atoms with van der Waals surface area (Å²) in [5.74, 6) is -0.533. The number of likely N-dealkylation sites (N-methyl/N-ethyl adjacent to an activating group) is 1. The third-order valence-corrected chi connectivity index (χ3v) is 7.19. The summed E-state index contributed by atoms with van der Waals surface area (Å²) in [6.07, 6.45) is -3.52. The van der Waals surface area contributed by atoms with Gasteiger partial charge < -0.3 is 24.2 Å². The monoisotopic (exact) mass is 537 g/mol. The summed E-state index contributed by atoms with van der Waals surface area (Å²) in [4.78, 5) is 31.9. The minimum atomic E-state index is -4.81. The topological polar surface area (TPSA) is 62.3 Å². The molecule has 0 aromatic heterocycles. The van der Waals surface area contributed by atoms with Gasteiger partial charge in [-0.3, -0.25) is 9.59 Å². The number of likely N-dealkylation sites (tertiary alicyclic amines) is 1. The van der Waals surface area contributed by atoms with Crippen LogP contribution in [0.1, 0.15) is 29.6 Å². The van der Waals surface area contributed by atoms with Gasteiger partial charge in [-0.05, 0) is 68.4 Å². The second-order valence-corrected chi connectivity index (χ2v) is 9.97. The highest BCUT2D eigenvalue weighted by Crippen LogP contribution is 2.37. The summed E-state index contributed by atoms with van der Waals surface area (Å²) >= 11 is 0. The molecule has 2 amide bonds. The molecule has 11 heteroatoms. The van der Waals surface area contributed by atoms with Gasteiger partial charge in [-0.25, -0.2) is 4.39 Å². The molecular formula is C27H31F4N3O4. The van der Waals surface area contributed by atoms with Crippen molar-refractivity contribution in [1.82, 2.24) is 14.7 Å². The lowest BCUT2D eigenvalue weighted by atomic mass is 9.75. The quantitative estimate of drug-likeness (QED) is 0.496. The Morgan fingerprint density at radius 1 is 0.842 bits per heavy atom. The summed E-state index contributed by atoms with van der Waals surface area (Å²) in [6.45, 7) is 3.89. The zero-order valence-electron chi connectivity index (χ0n) is 21.2. The van der Waals surface area contributed by atoms with Crippen molar-refractivity contribution in [2.24, 2.45) is 5.41 Å². The number of hydrogen-bond donors (Lipinski definition) is 0. The third kappa shape index (κ3) is 7.37. The number of piperidine rings is 1. The summed E-state index contributed by atoms with van der Waals surface area (Å²) < 4.78 is 60.5. The number of carbonyl (C=O) groups excluding carboxylic acids is 2. The van der Waals surface area contributed by atoms with Crippen LogP contribution in [0.25, 0.3) is 0 Å². The van der Waals surface area contributed by atoms with E-state index < -0.39 is 17.5 Å². The molecule has 2 aromatic rings. The summed E-state index contributed by atoms with van der Waals surface area (Å²) in [6, 6.07) is 10.5. The van der Waals surface area contributed by atoms with Gasteiger partial charge in [-0.1, -0.05) is 0 Å². The van der Waals surface area contributed by atoms with Gasteiger partial charge >= 0.3 is 6.36 Å². The highest BCUT2D eigenvalue weighted by atomic mass is 19.4. The first-order chi connectivity index (χ1) is 18.0. The maximum atomic E-state index is 13.3. The number of halogens is 4. The van der Waals surface area contributed by atoms with Gasteiger partial charge in [0.15, 0.2) is 0 Å². The highest BCUT2D eigenvalue weighted by molar-refractivity contribution is 5.94. The van der Waals surface area contributed by atoms with E-state index in [4.69, 9.17) is 4.74 Å². The molecule has 0 unspecified atom stereocenters. The lowest BCUT2D eigenvalue weighted by Gasteiger charge is -2.42. The van der Waals surface area contributed by atoms with Crippen molar-refractivity contribution < 1.29 is 36.6 Å². The molecule has 38 heavy (non-hydrogen) atoms. The average molecular weight is 538 g/mol. The number of carbonyl (C=O) groups is 2. The number of benzene rings is 2. The molecule has 0 bridgehead atoms. The van der Waals surface area contributed by atoms with E-state index in [-0.39, 0.29) is 36.2 Å². The Kier molecular flexibility index (Phi) is 8.44. The van der Waals surface area contributed by atoms with E-state index >= 15 is 0 Å². The Labute approximate surface area is 218 Å². The fourth-order valence-electron chi connectivity index (χ4n) is 4.79. The zero-order chi connectivity index (χ0) is 27.3. The van der Waals surface area contributed by atoms with Crippen LogP contribution >= 0.6 is 0 Å². The molecule has 0 saturated carbocycles. The highest BCUT2D eigenvalue weighted by Gasteiger charge is 2.40. The Balaban J connectivity index is 1.42. The average Bonchev–Trinajstić information content (AvgIpc) is 2.88. The SMILES string of the molecule is CN1CCN(C(=O)CC2(COc3ccc(F)cc3)CCN(C(=O)c3ccc(OC(F)(F)F)cc3)CC2)CC1. The van der Waals surface area contributed by atoms with E-state index in [2.05, 4.69) is 9.64 Å². The van der Waals surface area contributed by atoms with Gasteiger partial charge in [0.2, 0.25) is 5.91 Å². The van der Waals surface area contributed by atoms with Crippen LogP contribution in [0.3, 0.4) is 0 Å². The standard InChI is InChI=1S/C27H31F4N3O4/c1-32-14-16-33(17-15-32)24(35)18-26(19-37-22-8-4-21(28)5-9-22)10-12-34(13-11-26)25(36)20-2-6-23(7-3-20)38-27(29,30)31/h2-9H,10-19H2,1H3. The van der Waals surface area contributed by atoms with Gasteiger partial charge in [0.1, 0.15) is 17.3 Å². The zero-order valence-corrected chi connectivity index (χ0v) is 21.2. The van der Waals surface area contributed by atoms with E-state index in [0.29, 0.717) is 44.8 Å². The molecule has 7 nitrogen and oxygen atoms in total. The molecule has 2 saturated heterocycles. The van der Waals surface area contributed by atoms with Gasteiger partial charge in [0, 0.05) is 56.7 Å². The second-order valence-electron chi connectivity index (χ2n) is 9.97. The van der Waals surface area contributed by atoms with E-state index in [0.717, 1.165) is 25.2 Å². The molecule has 2 aliphatic rings. The van der Waals surface area contributed by atoms with E-state index in [9.17, 15) is 27.2 Å². The Morgan fingerprint density at radius 2 is 1.42 bits per heavy atom. The lowest BCUT2D eigenvalue weighted by molar-refractivity contribution is -0.274. The number of amides is 2. The Hall–Kier alpha value is -3.34. The lowest BCUT2D eigenvalue weighted by Crippen LogP contribution is -2.51. The van der Waals surface area contributed by atoms with Crippen LogP contribution in [-0.4, -0.2) is 85.8 Å². The summed E-state index contributed by atoms with van der Waals surface area (Å²) in [5, 5.41) is 0. The van der Waals surface area contributed by atoms with Gasteiger partial charge in [-0.15, -0.1) is 13.2 Å². The molecule has 2 aromatic carbocycles. The molecule has 2 fully saturated rings. The molecular weight excluding hydrogens is 506 g/mol. The van der Waals surface area contributed by atoms with Gasteiger partial charge in [0.25, 0.3) is 5.91 Å². The predicted octanol–water partition coefficient (Wildman–Crippen LogP) is 4.19. The number of nitrogens with zero attached hydrogens (tertiary/aromatic N) is 3. The van der Waals surface area contributed by atoms with Crippen LogP contribution in [0.2, 0.25) is 0 Å². The van der Waals surface area contributed by atoms with Gasteiger partial charge in [0.05, 0.1) is 6.61 Å². The Morgan fingerprint density at radius 3 is 2.00 bits per heavy atom. The van der Waals surface area contributed by atoms with Crippen molar-refractivity contribution in [2.75, 3.05) is 52.9 Å². The van der Waals surface area contributed by atoms with Crippen LogP contribution in [0, 0.1) is 11.2 Å². The minimum Gasteiger partial charge on any atom is -0.493 e. The van der Waals surface area contributed by atoms with Crippen LogP contribution in [-0.2, 0) is 4.79 Å². The van der Waals surface area contributed by atoms with Crippen LogP contribution in [0.4, 0.5) is 17.6 Å². The Bertz CT molecular complexity index is 1090. The van der Waals surface area contributed by atoms with Gasteiger partial charge in [-0.2, -0.15) is 0 Å². The first-order valence-corrected chi connectivity index (χ1v) is 12.5. The molecule has 0 spiro atoms. The van der Waals surface area contributed by atoms with E-state index in [1.807, 2.05) is 11.9 Å². The van der Waals surface area contributed by atoms with Crippen molar-refractivity contribution in [2.45, 2.75) is 25.6 Å². The number of hydrogen-bond acceptors (Lipinski definition) is 5. The molecule has 0 radical (unpaired) electrons. The van der Waals surface area contributed by atoms with Crippen molar-refractivity contribution in [3.63, 3.8) is 0 Å².